The Morgan fingerprint density at radius 2 is 1.30 bits per heavy atom. The number of aromatic nitrogens is 1. The molecule has 12 rings (SSSR count). The minimum Gasteiger partial charge on any atom is -0.373 e. The number of para-hydroxylation sites is 1. The third-order valence-corrected chi connectivity index (χ3v) is 14.6. The second-order valence-corrected chi connectivity index (χ2v) is 17.7. The normalized spacial score (nSPS) is 21.6. The van der Waals surface area contributed by atoms with Crippen molar-refractivity contribution in [3.63, 3.8) is 0 Å². The van der Waals surface area contributed by atoms with Crippen LogP contribution >= 0.6 is 11.3 Å². The summed E-state index contributed by atoms with van der Waals surface area (Å²) in [7, 11) is 0. The van der Waals surface area contributed by atoms with Gasteiger partial charge in [0.1, 0.15) is 11.9 Å². The number of nitrogens with one attached hydrogen (secondary N) is 1. The molecule has 3 aliphatic rings. The van der Waals surface area contributed by atoms with Crippen LogP contribution < -0.4 is 5.32 Å². The van der Waals surface area contributed by atoms with Crippen LogP contribution in [-0.4, -0.2) is 10.4 Å². The Balaban J connectivity index is 1.08. The third-order valence-electron chi connectivity index (χ3n) is 13.4. The summed E-state index contributed by atoms with van der Waals surface area (Å²) in [5.74, 6) is 1.17. The number of hydrogen-bond donors (Lipinski definition) is 1. The lowest BCUT2D eigenvalue weighted by Gasteiger charge is -2.42. The Bertz CT molecular complexity index is 3290. The quantitative estimate of drug-likeness (QED) is 0.188. The van der Waals surface area contributed by atoms with Crippen LogP contribution in [0.4, 0.5) is 0 Å². The molecule has 2 aromatic heterocycles. The molecule has 3 nitrogen and oxygen atoms in total. The molecular formula is C52H39N3S. The topological polar surface area (TPSA) is 29.3 Å². The highest BCUT2D eigenvalue weighted by Gasteiger charge is 2.57. The van der Waals surface area contributed by atoms with Crippen LogP contribution in [0.25, 0.3) is 69.1 Å². The molecule has 1 aliphatic heterocycles. The van der Waals surface area contributed by atoms with E-state index in [1.54, 1.807) is 0 Å². The van der Waals surface area contributed by atoms with Crippen molar-refractivity contribution in [3.8, 4) is 0 Å². The lowest BCUT2D eigenvalue weighted by Crippen LogP contribution is -2.38. The highest BCUT2D eigenvalue weighted by atomic mass is 32.1. The molecule has 0 radical (unpaired) electrons. The van der Waals surface area contributed by atoms with Crippen molar-refractivity contribution in [1.82, 2.24) is 9.88 Å². The van der Waals surface area contributed by atoms with Gasteiger partial charge >= 0.3 is 0 Å². The number of allylic oxidation sites excluding steroid dienone is 5. The summed E-state index contributed by atoms with van der Waals surface area (Å²) in [6.45, 7) is 7.26. The zero-order valence-corrected chi connectivity index (χ0v) is 32.4. The average Bonchev–Trinajstić information content (AvgIpc) is 3.82. The standard InChI is InChI=1S/C52H39N3S/c1-51(2)49-48(42-25-23-37(30-52(42,51)3)35-21-20-31-12-4-5-13-32(31)26-35)53-47(36-22-24-40-39-17-9-11-19-45(39)56-46(40)29-36)50(54-49)55-43-18-10-8-16-38(43)41-27-33-14-6-7-15-34(33)28-44(41)55/h4-30,42,47,53H,1-3H3. The van der Waals surface area contributed by atoms with Crippen LogP contribution in [-0.2, 0) is 0 Å². The molecule has 268 valence electrons. The van der Waals surface area contributed by atoms with Gasteiger partial charge in [0.25, 0.3) is 0 Å². The number of thiophene rings is 1. The number of hydrogen-bond acceptors (Lipinski definition) is 3. The van der Waals surface area contributed by atoms with E-state index in [-0.39, 0.29) is 22.8 Å². The molecule has 9 aromatic rings. The molecule has 4 heteroatoms. The van der Waals surface area contributed by atoms with Crippen LogP contribution in [0, 0.1) is 16.7 Å². The summed E-state index contributed by atoms with van der Waals surface area (Å²) >= 11 is 1.88. The van der Waals surface area contributed by atoms with Crippen molar-refractivity contribution in [2.75, 3.05) is 0 Å². The van der Waals surface area contributed by atoms with Gasteiger partial charge in [-0.05, 0) is 74.6 Å². The number of fused-ring (bicyclic) bond motifs is 10. The molecule has 0 saturated heterocycles. The van der Waals surface area contributed by atoms with E-state index >= 15 is 0 Å². The maximum Gasteiger partial charge on any atom is 0.141 e. The van der Waals surface area contributed by atoms with Gasteiger partial charge in [-0.25, -0.2) is 4.99 Å². The van der Waals surface area contributed by atoms with Crippen molar-refractivity contribution < 1.29 is 0 Å². The van der Waals surface area contributed by atoms with Gasteiger partial charge in [0.2, 0.25) is 0 Å². The monoisotopic (exact) mass is 737 g/mol. The first-order valence-corrected chi connectivity index (χ1v) is 20.5. The van der Waals surface area contributed by atoms with E-state index in [9.17, 15) is 0 Å². The molecule has 2 aliphatic carbocycles. The number of nitrogens with zero attached hydrogens (tertiary/aromatic N) is 2. The molecule has 3 heterocycles. The van der Waals surface area contributed by atoms with Gasteiger partial charge < -0.3 is 5.32 Å². The molecule has 3 atom stereocenters. The SMILES string of the molecule is CC1(C)C2=C(NC(c3ccc4c(c3)sc3ccccc34)C(n3c4ccccc4c4cc5ccccc5cc43)=N2)C2C=CC(c3ccc4ccccc4c3)=CC21C. The maximum absolute atomic E-state index is 5.95. The Labute approximate surface area is 329 Å². The molecule has 1 N–H and O–H groups in total. The summed E-state index contributed by atoms with van der Waals surface area (Å²) in [6.07, 6.45) is 7.34. The summed E-state index contributed by atoms with van der Waals surface area (Å²) in [5.41, 5.74) is 8.00. The van der Waals surface area contributed by atoms with Gasteiger partial charge in [-0.15, -0.1) is 11.3 Å². The zero-order valence-electron chi connectivity index (χ0n) is 31.5. The lowest BCUT2D eigenvalue weighted by atomic mass is 9.61. The van der Waals surface area contributed by atoms with Crippen molar-refractivity contribution in [2.45, 2.75) is 26.8 Å². The molecule has 0 saturated carbocycles. The molecular weight excluding hydrogens is 699 g/mol. The van der Waals surface area contributed by atoms with Crippen LogP contribution in [0.2, 0.25) is 0 Å². The van der Waals surface area contributed by atoms with E-state index < -0.39 is 0 Å². The highest BCUT2D eigenvalue weighted by Crippen LogP contribution is 2.63. The number of benzene rings is 7. The Hall–Kier alpha value is -6.23. The lowest BCUT2D eigenvalue weighted by molar-refractivity contribution is 0.178. The van der Waals surface area contributed by atoms with Gasteiger partial charge in [0, 0.05) is 53.4 Å². The summed E-state index contributed by atoms with van der Waals surface area (Å²) in [4.78, 5) is 5.95. The molecule has 0 fully saturated rings. The fourth-order valence-corrected chi connectivity index (χ4v) is 11.3. The Kier molecular flexibility index (Phi) is 6.53. The Morgan fingerprint density at radius 1 is 0.607 bits per heavy atom. The predicted octanol–water partition coefficient (Wildman–Crippen LogP) is 13.6. The van der Waals surface area contributed by atoms with Gasteiger partial charge in [0.15, 0.2) is 0 Å². The van der Waals surface area contributed by atoms with E-state index in [0.717, 1.165) is 11.5 Å². The fraction of sp³-hybridized carbons (Fsp3) is 0.135. The van der Waals surface area contributed by atoms with Gasteiger partial charge in [0.05, 0.1) is 16.7 Å². The second kappa shape index (κ2) is 11.4. The summed E-state index contributed by atoms with van der Waals surface area (Å²) in [6, 6.07) is 53.5. The first-order valence-electron chi connectivity index (χ1n) is 19.7. The van der Waals surface area contributed by atoms with Crippen LogP contribution in [0.3, 0.4) is 0 Å². The average molecular weight is 738 g/mol. The highest BCUT2D eigenvalue weighted by molar-refractivity contribution is 7.25. The summed E-state index contributed by atoms with van der Waals surface area (Å²) < 4.78 is 5.08. The minimum absolute atomic E-state index is 0.152. The molecule has 0 bridgehead atoms. The van der Waals surface area contributed by atoms with Gasteiger partial charge in [-0.1, -0.05) is 148 Å². The fourth-order valence-electron chi connectivity index (χ4n) is 10.1. The predicted molar refractivity (Wildman–Crippen MR) is 238 cm³/mol. The number of aliphatic imine (C=N–C) groups is 1. The smallest absolute Gasteiger partial charge is 0.141 e. The minimum atomic E-state index is -0.274. The number of rotatable bonds is 2. The summed E-state index contributed by atoms with van der Waals surface area (Å²) in [5, 5.41) is 14.4. The molecule has 56 heavy (non-hydrogen) atoms. The van der Waals surface area contributed by atoms with Crippen molar-refractivity contribution in [3.05, 3.63) is 186 Å². The molecule has 0 spiro atoms. The maximum atomic E-state index is 5.95. The Morgan fingerprint density at radius 3 is 2.14 bits per heavy atom. The zero-order chi connectivity index (χ0) is 37.3. The van der Waals surface area contributed by atoms with Crippen LogP contribution in [0.5, 0.6) is 0 Å². The van der Waals surface area contributed by atoms with E-state index in [1.165, 1.54) is 85.9 Å². The van der Waals surface area contributed by atoms with E-state index in [0.29, 0.717) is 0 Å². The first kappa shape index (κ1) is 32.1. The molecule has 0 amide bonds. The van der Waals surface area contributed by atoms with E-state index in [2.05, 4.69) is 194 Å². The van der Waals surface area contributed by atoms with Gasteiger partial charge in [-0.2, -0.15) is 0 Å². The van der Waals surface area contributed by atoms with E-state index in [1.807, 2.05) is 11.3 Å². The third kappa shape index (κ3) is 4.36. The largest absolute Gasteiger partial charge is 0.373 e. The van der Waals surface area contributed by atoms with Gasteiger partial charge in [-0.3, -0.25) is 4.57 Å². The van der Waals surface area contributed by atoms with Crippen LogP contribution in [0.15, 0.2) is 180 Å². The van der Waals surface area contributed by atoms with Crippen molar-refractivity contribution >= 4 is 86.3 Å². The van der Waals surface area contributed by atoms with Crippen molar-refractivity contribution in [1.29, 1.82) is 0 Å². The van der Waals surface area contributed by atoms with Crippen molar-refractivity contribution in [2.24, 2.45) is 21.7 Å². The second-order valence-electron chi connectivity index (χ2n) is 16.6. The van der Waals surface area contributed by atoms with E-state index in [4.69, 9.17) is 4.99 Å². The first-order chi connectivity index (χ1) is 27.4. The molecule has 7 aromatic carbocycles. The van der Waals surface area contributed by atoms with Crippen LogP contribution in [0.1, 0.15) is 37.9 Å². The molecule has 3 unspecified atom stereocenters.